The van der Waals surface area contributed by atoms with Crippen LogP contribution in [0.3, 0.4) is 0 Å². The third-order valence-electron chi connectivity index (χ3n) is 5.76. The van der Waals surface area contributed by atoms with Crippen LogP contribution in [0.5, 0.6) is 0 Å². The fourth-order valence-corrected chi connectivity index (χ4v) is 4.31. The second kappa shape index (κ2) is 3.07. The monoisotopic (exact) mass is 250 g/mol. The van der Waals surface area contributed by atoms with E-state index in [4.69, 9.17) is 0 Å². The van der Waals surface area contributed by atoms with Crippen molar-refractivity contribution in [2.24, 2.45) is 16.7 Å². The molecule has 0 aromatic carbocycles. The number of hydrogen-bond acceptors (Lipinski definition) is 3. The summed E-state index contributed by atoms with van der Waals surface area (Å²) in [5.74, 6) is -0.0143. The van der Waals surface area contributed by atoms with E-state index in [1.54, 1.807) is 6.92 Å². The van der Waals surface area contributed by atoms with E-state index in [2.05, 4.69) is 0 Å². The van der Waals surface area contributed by atoms with Crippen molar-refractivity contribution in [1.82, 2.24) is 0 Å². The molecule has 2 saturated carbocycles. The highest BCUT2D eigenvalue weighted by Crippen LogP contribution is 2.67. The van der Waals surface area contributed by atoms with Crippen molar-refractivity contribution in [3.05, 3.63) is 11.1 Å². The molecule has 0 amide bonds. The SMILES string of the molecule is CC1=C2C(=O)C(C)(C)C[C@H]2[C@@H](O)[C@](C)(O)C12CC2. The molecule has 0 saturated heterocycles. The van der Waals surface area contributed by atoms with Crippen LogP contribution in [-0.2, 0) is 4.79 Å². The van der Waals surface area contributed by atoms with Crippen molar-refractivity contribution < 1.29 is 15.0 Å². The summed E-state index contributed by atoms with van der Waals surface area (Å²) in [6, 6.07) is 0. The second-order valence-corrected chi connectivity index (χ2v) is 7.24. The maximum Gasteiger partial charge on any atom is 0.164 e. The van der Waals surface area contributed by atoms with E-state index in [1.807, 2.05) is 20.8 Å². The van der Waals surface area contributed by atoms with Crippen LogP contribution in [0, 0.1) is 16.7 Å². The number of aliphatic hydroxyl groups excluding tert-OH is 1. The Hall–Kier alpha value is -0.670. The van der Waals surface area contributed by atoms with Crippen LogP contribution in [0.15, 0.2) is 11.1 Å². The largest absolute Gasteiger partial charge is 0.389 e. The predicted molar refractivity (Wildman–Crippen MR) is 67.9 cm³/mol. The minimum absolute atomic E-state index is 0.172. The topological polar surface area (TPSA) is 57.5 Å². The number of Topliss-reactive ketones (excluding diaryl/α,β-unsaturated/α-hetero) is 1. The number of fused-ring (bicyclic) bond motifs is 1. The molecule has 0 bridgehead atoms. The van der Waals surface area contributed by atoms with Gasteiger partial charge < -0.3 is 10.2 Å². The normalized spacial score (nSPS) is 44.4. The first-order valence-corrected chi connectivity index (χ1v) is 6.82. The molecule has 2 fully saturated rings. The molecule has 3 rings (SSSR count). The average Bonchev–Trinajstić information content (AvgIpc) is 3.02. The molecule has 18 heavy (non-hydrogen) atoms. The van der Waals surface area contributed by atoms with E-state index in [-0.39, 0.29) is 17.1 Å². The minimum Gasteiger partial charge on any atom is -0.389 e. The van der Waals surface area contributed by atoms with Crippen LogP contribution in [0.2, 0.25) is 0 Å². The quantitative estimate of drug-likeness (QED) is 0.689. The lowest BCUT2D eigenvalue weighted by molar-refractivity contribution is -0.128. The van der Waals surface area contributed by atoms with E-state index in [1.165, 1.54) is 0 Å². The summed E-state index contributed by atoms with van der Waals surface area (Å²) in [5, 5.41) is 21.2. The summed E-state index contributed by atoms with van der Waals surface area (Å²) in [7, 11) is 0. The first kappa shape index (κ1) is 12.4. The molecule has 0 aromatic rings. The van der Waals surface area contributed by atoms with Gasteiger partial charge >= 0.3 is 0 Å². The maximum absolute atomic E-state index is 12.5. The molecule has 0 unspecified atom stereocenters. The summed E-state index contributed by atoms with van der Waals surface area (Å²) in [4.78, 5) is 12.5. The lowest BCUT2D eigenvalue weighted by atomic mass is 9.65. The van der Waals surface area contributed by atoms with E-state index in [9.17, 15) is 15.0 Å². The van der Waals surface area contributed by atoms with E-state index in [0.717, 1.165) is 24.0 Å². The van der Waals surface area contributed by atoms with Crippen molar-refractivity contribution in [3.63, 3.8) is 0 Å². The van der Waals surface area contributed by atoms with Crippen molar-refractivity contribution in [3.8, 4) is 0 Å². The fraction of sp³-hybridized carbons (Fsp3) is 0.800. The molecule has 0 radical (unpaired) electrons. The molecule has 100 valence electrons. The number of carbonyl (C=O) groups excluding carboxylic acids is 1. The first-order valence-electron chi connectivity index (χ1n) is 6.82. The van der Waals surface area contributed by atoms with Gasteiger partial charge in [-0.25, -0.2) is 0 Å². The van der Waals surface area contributed by atoms with E-state index < -0.39 is 17.1 Å². The fourth-order valence-electron chi connectivity index (χ4n) is 4.31. The molecular weight excluding hydrogens is 228 g/mol. The molecule has 3 heteroatoms. The number of hydrogen-bond donors (Lipinski definition) is 2. The highest BCUT2D eigenvalue weighted by atomic mass is 16.3. The standard InChI is InChI=1S/C15H22O3/c1-8-10-9(7-13(2,3)12(10)17)11(16)14(4,18)15(8)5-6-15/h9,11,16,18H,5-7H2,1-4H3/t9-,11-,14+/m1/s1. The Morgan fingerprint density at radius 2 is 1.78 bits per heavy atom. The van der Waals surface area contributed by atoms with Crippen molar-refractivity contribution >= 4 is 5.78 Å². The van der Waals surface area contributed by atoms with Crippen molar-refractivity contribution in [1.29, 1.82) is 0 Å². The highest BCUT2D eigenvalue weighted by Gasteiger charge is 2.67. The van der Waals surface area contributed by atoms with Crippen LogP contribution >= 0.6 is 0 Å². The van der Waals surface area contributed by atoms with Gasteiger partial charge in [-0.2, -0.15) is 0 Å². The number of ketones is 1. The van der Waals surface area contributed by atoms with Gasteiger partial charge in [-0.3, -0.25) is 4.79 Å². The summed E-state index contributed by atoms with van der Waals surface area (Å²) < 4.78 is 0. The van der Waals surface area contributed by atoms with Crippen LogP contribution in [0.1, 0.15) is 47.0 Å². The Balaban J connectivity index is 2.20. The summed E-state index contributed by atoms with van der Waals surface area (Å²) in [6.07, 6.45) is 1.59. The van der Waals surface area contributed by atoms with Gasteiger partial charge in [0.25, 0.3) is 0 Å². The van der Waals surface area contributed by atoms with Gasteiger partial charge in [0.2, 0.25) is 0 Å². The smallest absolute Gasteiger partial charge is 0.164 e. The molecule has 3 aliphatic carbocycles. The third-order valence-corrected chi connectivity index (χ3v) is 5.76. The molecule has 3 aliphatic rings. The molecule has 3 nitrogen and oxygen atoms in total. The minimum atomic E-state index is -1.09. The Bertz CT molecular complexity index is 466. The lowest BCUT2D eigenvalue weighted by Gasteiger charge is -2.45. The Morgan fingerprint density at radius 3 is 2.28 bits per heavy atom. The first-order chi connectivity index (χ1) is 8.15. The zero-order valence-corrected chi connectivity index (χ0v) is 11.6. The molecule has 1 spiro atoms. The van der Waals surface area contributed by atoms with Crippen LogP contribution in [0.4, 0.5) is 0 Å². The van der Waals surface area contributed by atoms with E-state index >= 15 is 0 Å². The molecule has 0 heterocycles. The Kier molecular flexibility index (Phi) is 2.11. The zero-order valence-electron chi connectivity index (χ0n) is 11.6. The van der Waals surface area contributed by atoms with Gasteiger partial charge in [0.05, 0.1) is 11.7 Å². The second-order valence-electron chi connectivity index (χ2n) is 7.24. The highest BCUT2D eigenvalue weighted by molar-refractivity contribution is 6.03. The summed E-state index contributed by atoms with van der Waals surface area (Å²) >= 11 is 0. The lowest BCUT2D eigenvalue weighted by Crippen LogP contribution is -2.55. The van der Waals surface area contributed by atoms with Gasteiger partial charge in [0.15, 0.2) is 5.78 Å². The molecule has 2 N–H and O–H groups in total. The van der Waals surface area contributed by atoms with Gasteiger partial charge in [0, 0.05) is 22.3 Å². The number of rotatable bonds is 0. The van der Waals surface area contributed by atoms with Gasteiger partial charge in [-0.1, -0.05) is 19.4 Å². The van der Waals surface area contributed by atoms with Crippen LogP contribution < -0.4 is 0 Å². The third kappa shape index (κ3) is 1.15. The molecular formula is C15H22O3. The van der Waals surface area contributed by atoms with Gasteiger partial charge in [-0.05, 0) is 33.1 Å². The summed E-state index contributed by atoms with van der Waals surface area (Å²) in [6.45, 7) is 7.60. The number of carbonyl (C=O) groups is 1. The van der Waals surface area contributed by atoms with Crippen molar-refractivity contribution in [2.45, 2.75) is 58.7 Å². The van der Waals surface area contributed by atoms with Crippen molar-refractivity contribution in [2.75, 3.05) is 0 Å². The summed E-state index contributed by atoms with van der Waals surface area (Å²) in [5.41, 5.74) is 0.0221. The zero-order chi connectivity index (χ0) is 13.5. The maximum atomic E-state index is 12.5. The average molecular weight is 250 g/mol. The Labute approximate surface area is 108 Å². The molecule has 0 aromatic heterocycles. The molecule has 0 aliphatic heterocycles. The van der Waals surface area contributed by atoms with Crippen LogP contribution in [0.25, 0.3) is 0 Å². The van der Waals surface area contributed by atoms with Crippen LogP contribution in [-0.4, -0.2) is 27.7 Å². The predicted octanol–water partition coefficient (Wildman–Crippen LogP) is 1.82. The molecule has 3 atom stereocenters. The number of aliphatic hydroxyl groups is 2. The Morgan fingerprint density at radius 1 is 1.22 bits per heavy atom. The van der Waals surface area contributed by atoms with Gasteiger partial charge in [-0.15, -0.1) is 0 Å². The van der Waals surface area contributed by atoms with Gasteiger partial charge in [0.1, 0.15) is 0 Å². The van der Waals surface area contributed by atoms with E-state index in [0.29, 0.717) is 6.42 Å².